The molecule has 1 N–H and O–H groups in total. The highest BCUT2D eigenvalue weighted by atomic mass is 16.5. The number of methoxy groups -OCH3 is 1. The van der Waals surface area contributed by atoms with Crippen molar-refractivity contribution in [3.63, 3.8) is 0 Å². The van der Waals surface area contributed by atoms with Crippen LogP contribution in [0.15, 0.2) is 35.5 Å². The number of nitrogens with zero attached hydrogens (tertiary/aromatic N) is 1. The molecule has 1 aromatic heterocycles. The van der Waals surface area contributed by atoms with Crippen molar-refractivity contribution in [2.24, 2.45) is 5.41 Å². The van der Waals surface area contributed by atoms with Crippen LogP contribution in [0.5, 0.6) is 5.75 Å². The molecule has 0 fully saturated rings. The van der Waals surface area contributed by atoms with Gasteiger partial charge < -0.3 is 23.9 Å². The minimum absolute atomic E-state index is 0.0140. The number of rotatable bonds is 7. The van der Waals surface area contributed by atoms with E-state index >= 15 is 0 Å². The van der Waals surface area contributed by atoms with Gasteiger partial charge >= 0.3 is 5.97 Å². The summed E-state index contributed by atoms with van der Waals surface area (Å²) in [5, 5.41) is 9.54. The van der Waals surface area contributed by atoms with Gasteiger partial charge in [-0.05, 0) is 29.5 Å². The molecule has 2 aliphatic heterocycles. The predicted octanol–water partition coefficient (Wildman–Crippen LogP) is 4.53. The third-order valence-corrected chi connectivity index (χ3v) is 6.35. The molecule has 0 bridgehead atoms. The summed E-state index contributed by atoms with van der Waals surface area (Å²) in [5.74, 6) is -0.408. The molecule has 176 valence electrons. The van der Waals surface area contributed by atoms with Crippen LogP contribution >= 0.6 is 0 Å². The average molecular weight is 454 g/mol. The SMILES string of the molecule is COCCCOc1cc2c(cc1C1=COCC1)-c1cc(=O)c(C(=O)O)cn1C(C(C)(C)C)C2. The summed E-state index contributed by atoms with van der Waals surface area (Å²) in [5.41, 5.74) is 3.89. The molecule has 0 saturated carbocycles. The van der Waals surface area contributed by atoms with Crippen LogP contribution in [-0.4, -0.2) is 42.6 Å². The van der Waals surface area contributed by atoms with Crippen molar-refractivity contribution in [2.75, 3.05) is 26.9 Å². The largest absolute Gasteiger partial charge is 0.501 e. The zero-order chi connectivity index (χ0) is 23.8. The van der Waals surface area contributed by atoms with Gasteiger partial charge in [-0.25, -0.2) is 4.79 Å². The molecule has 1 aromatic carbocycles. The van der Waals surface area contributed by atoms with Crippen LogP contribution in [0.2, 0.25) is 0 Å². The topological polar surface area (TPSA) is 87.0 Å². The van der Waals surface area contributed by atoms with Gasteiger partial charge in [-0.3, -0.25) is 4.79 Å². The fourth-order valence-electron chi connectivity index (χ4n) is 4.58. The number of fused-ring (bicyclic) bond motifs is 3. The lowest BCUT2D eigenvalue weighted by molar-refractivity contribution is 0.0693. The Labute approximate surface area is 193 Å². The zero-order valence-corrected chi connectivity index (χ0v) is 19.6. The molecule has 1 atom stereocenters. The lowest BCUT2D eigenvalue weighted by Crippen LogP contribution is -2.32. The minimum atomic E-state index is -1.21. The smallest absolute Gasteiger partial charge is 0.341 e. The van der Waals surface area contributed by atoms with Gasteiger partial charge in [-0.2, -0.15) is 0 Å². The summed E-state index contributed by atoms with van der Waals surface area (Å²) in [6, 6.07) is 5.59. The number of aromatic carboxylic acids is 1. The summed E-state index contributed by atoms with van der Waals surface area (Å²) in [4.78, 5) is 24.3. The number of benzene rings is 1. The van der Waals surface area contributed by atoms with E-state index in [1.807, 2.05) is 4.57 Å². The first kappa shape index (κ1) is 23.1. The van der Waals surface area contributed by atoms with E-state index in [4.69, 9.17) is 14.2 Å². The molecule has 7 nitrogen and oxygen atoms in total. The number of hydrogen-bond donors (Lipinski definition) is 1. The number of carboxylic acids is 1. The van der Waals surface area contributed by atoms with Crippen LogP contribution in [0, 0.1) is 5.41 Å². The number of hydrogen-bond acceptors (Lipinski definition) is 5. The lowest BCUT2D eigenvalue weighted by atomic mass is 9.78. The maximum absolute atomic E-state index is 12.6. The maximum atomic E-state index is 12.6. The molecule has 0 saturated heterocycles. The van der Waals surface area contributed by atoms with Crippen molar-refractivity contribution in [1.82, 2.24) is 4.57 Å². The third kappa shape index (κ3) is 4.55. The van der Waals surface area contributed by atoms with Gasteiger partial charge in [0, 0.05) is 61.6 Å². The minimum Gasteiger partial charge on any atom is -0.501 e. The van der Waals surface area contributed by atoms with Crippen molar-refractivity contribution >= 4 is 11.5 Å². The van der Waals surface area contributed by atoms with Crippen molar-refractivity contribution in [3.05, 3.63) is 57.6 Å². The van der Waals surface area contributed by atoms with E-state index in [0.29, 0.717) is 26.2 Å². The van der Waals surface area contributed by atoms with Crippen LogP contribution in [0.25, 0.3) is 16.8 Å². The van der Waals surface area contributed by atoms with Crippen LogP contribution < -0.4 is 10.2 Å². The van der Waals surface area contributed by atoms with Gasteiger partial charge in [0.2, 0.25) is 0 Å². The Bertz CT molecular complexity index is 1150. The standard InChI is InChI=1S/C26H31NO6/c1-26(2,3)24-11-17-10-23(33-8-5-7-31-4)19(16-6-9-32-15-16)12-18(17)21-13-22(28)20(25(29)30)14-27(21)24/h10,12-15,24H,5-9,11H2,1-4H3,(H,29,30). The second kappa shape index (κ2) is 9.06. The first-order chi connectivity index (χ1) is 15.7. The number of aromatic nitrogens is 1. The molecule has 7 heteroatoms. The van der Waals surface area contributed by atoms with Crippen LogP contribution in [0.3, 0.4) is 0 Å². The summed E-state index contributed by atoms with van der Waals surface area (Å²) >= 11 is 0. The Morgan fingerprint density at radius 2 is 2.00 bits per heavy atom. The van der Waals surface area contributed by atoms with Gasteiger partial charge in [0.1, 0.15) is 11.3 Å². The van der Waals surface area contributed by atoms with Gasteiger partial charge in [-0.15, -0.1) is 0 Å². The first-order valence-corrected chi connectivity index (χ1v) is 11.3. The Hall–Kier alpha value is -3.06. The quantitative estimate of drug-likeness (QED) is 0.620. The number of carbonyl (C=O) groups is 1. The molecule has 0 aliphatic carbocycles. The van der Waals surface area contributed by atoms with Crippen molar-refractivity contribution < 1.29 is 24.1 Å². The van der Waals surface area contributed by atoms with E-state index in [-0.39, 0.29) is 17.0 Å². The third-order valence-electron chi connectivity index (χ3n) is 6.35. The van der Waals surface area contributed by atoms with Gasteiger partial charge in [-0.1, -0.05) is 20.8 Å². The Kier molecular flexibility index (Phi) is 6.34. The highest BCUT2D eigenvalue weighted by Gasteiger charge is 2.34. The molecule has 0 amide bonds. The highest BCUT2D eigenvalue weighted by molar-refractivity contribution is 5.88. The van der Waals surface area contributed by atoms with Crippen LogP contribution in [-0.2, 0) is 15.9 Å². The molecule has 4 rings (SSSR count). The number of carboxylic acid groups (broad SMARTS) is 1. The summed E-state index contributed by atoms with van der Waals surface area (Å²) < 4.78 is 18.8. The first-order valence-electron chi connectivity index (χ1n) is 11.3. The van der Waals surface area contributed by atoms with E-state index in [9.17, 15) is 14.7 Å². The molecule has 2 aliphatic rings. The number of pyridine rings is 1. The van der Waals surface area contributed by atoms with Crippen molar-refractivity contribution in [2.45, 2.75) is 46.1 Å². The van der Waals surface area contributed by atoms with Crippen molar-refractivity contribution in [3.8, 4) is 17.0 Å². The molecule has 0 radical (unpaired) electrons. The number of ether oxygens (including phenoxy) is 3. The van der Waals surface area contributed by atoms with Crippen LogP contribution in [0.4, 0.5) is 0 Å². The normalized spacial score (nSPS) is 17.1. The Morgan fingerprint density at radius 1 is 1.21 bits per heavy atom. The predicted molar refractivity (Wildman–Crippen MR) is 126 cm³/mol. The van der Waals surface area contributed by atoms with Gasteiger partial charge in [0.15, 0.2) is 5.43 Å². The second-order valence-corrected chi connectivity index (χ2v) is 9.70. The van der Waals surface area contributed by atoms with Crippen molar-refractivity contribution in [1.29, 1.82) is 0 Å². The van der Waals surface area contributed by atoms with E-state index in [2.05, 4.69) is 32.9 Å². The van der Waals surface area contributed by atoms with Crippen LogP contribution in [0.1, 0.15) is 61.1 Å². The summed E-state index contributed by atoms with van der Waals surface area (Å²) in [6.07, 6.45) is 5.54. The van der Waals surface area contributed by atoms with E-state index in [0.717, 1.165) is 46.5 Å². The highest BCUT2D eigenvalue weighted by Crippen LogP contribution is 2.45. The Morgan fingerprint density at radius 3 is 2.64 bits per heavy atom. The van der Waals surface area contributed by atoms with E-state index in [1.165, 1.54) is 12.3 Å². The van der Waals surface area contributed by atoms with E-state index in [1.54, 1.807) is 13.4 Å². The molecular formula is C26H31NO6. The molecule has 2 aromatic rings. The zero-order valence-electron chi connectivity index (χ0n) is 19.6. The fourth-order valence-corrected chi connectivity index (χ4v) is 4.58. The monoisotopic (exact) mass is 453 g/mol. The van der Waals surface area contributed by atoms with Gasteiger partial charge in [0.25, 0.3) is 0 Å². The molecule has 0 spiro atoms. The molecule has 3 heterocycles. The molecule has 1 unspecified atom stereocenters. The Balaban J connectivity index is 1.88. The van der Waals surface area contributed by atoms with Gasteiger partial charge in [0.05, 0.1) is 25.2 Å². The fraction of sp³-hybridized carbons (Fsp3) is 0.462. The lowest BCUT2D eigenvalue weighted by Gasteiger charge is -2.39. The molecular weight excluding hydrogens is 422 g/mol. The molecule has 33 heavy (non-hydrogen) atoms. The second-order valence-electron chi connectivity index (χ2n) is 9.70. The average Bonchev–Trinajstić information content (AvgIpc) is 3.29. The summed E-state index contributed by atoms with van der Waals surface area (Å²) in [6.45, 7) is 8.17. The maximum Gasteiger partial charge on any atom is 0.341 e. The summed E-state index contributed by atoms with van der Waals surface area (Å²) in [7, 11) is 1.67. The van der Waals surface area contributed by atoms with E-state index < -0.39 is 11.4 Å².